The van der Waals surface area contributed by atoms with E-state index in [1.807, 2.05) is 4.90 Å². The van der Waals surface area contributed by atoms with Crippen LogP contribution in [0, 0.1) is 0 Å². The summed E-state index contributed by atoms with van der Waals surface area (Å²) < 4.78 is 4.99. The van der Waals surface area contributed by atoms with Gasteiger partial charge < -0.3 is 9.64 Å². The number of rotatable bonds is 6. The molecule has 1 aromatic rings. The third-order valence-electron chi connectivity index (χ3n) is 4.21. The number of amides is 1. The van der Waals surface area contributed by atoms with Crippen molar-refractivity contribution in [3.05, 3.63) is 34.9 Å². The molecule has 1 aromatic carbocycles. The maximum atomic E-state index is 12.9. The minimum Gasteiger partial charge on any atom is -0.466 e. The number of esters is 1. The molecule has 0 radical (unpaired) electrons. The number of ether oxygens (including phenoxy) is 1. The molecule has 0 unspecified atom stereocenters. The first-order valence-corrected chi connectivity index (χ1v) is 8.71. The van der Waals surface area contributed by atoms with Gasteiger partial charge in [0.2, 0.25) is 0 Å². The standard InChI is InChI=1S/C18H24ClNO3/c1-2-23-17(21)11-12-20(16-9-4-3-5-10-16)18(22)14-7-6-8-15(19)13-14/h6-8,13,16H,2-5,9-12H2,1H3. The average Bonchev–Trinajstić information content (AvgIpc) is 2.56. The molecular formula is C18H24ClNO3. The zero-order chi connectivity index (χ0) is 16.7. The van der Waals surface area contributed by atoms with E-state index in [1.54, 1.807) is 31.2 Å². The minimum absolute atomic E-state index is 0.0521. The third kappa shape index (κ3) is 5.24. The van der Waals surface area contributed by atoms with Crippen LogP contribution >= 0.6 is 11.6 Å². The fourth-order valence-electron chi connectivity index (χ4n) is 3.07. The van der Waals surface area contributed by atoms with Gasteiger partial charge in [-0.15, -0.1) is 0 Å². The number of carbonyl (C=O) groups is 2. The van der Waals surface area contributed by atoms with Crippen LogP contribution in [0.25, 0.3) is 0 Å². The van der Waals surface area contributed by atoms with E-state index in [1.165, 1.54) is 6.42 Å². The van der Waals surface area contributed by atoms with Crippen LogP contribution in [0.5, 0.6) is 0 Å². The SMILES string of the molecule is CCOC(=O)CCN(C(=O)c1cccc(Cl)c1)C1CCCCC1. The number of nitrogens with zero attached hydrogens (tertiary/aromatic N) is 1. The first kappa shape index (κ1) is 17.8. The van der Waals surface area contributed by atoms with E-state index in [0.717, 1.165) is 25.7 Å². The van der Waals surface area contributed by atoms with Gasteiger partial charge in [0, 0.05) is 23.2 Å². The van der Waals surface area contributed by atoms with Gasteiger partial charge in [-0.3, -0.25) is 9.59 Å². The Balaban J connectivity index is 2.11. The summed E-state index contributed by atoms with van der Waals surface area (Å²) in [6.07, 6.45) is 5.70. The van der Waals surface area contributed by atoms with Gasteiger partial charge in [0.1, 0.15) is 0 Å². The molecule has 1 amide bonds. The predicted molar refractivity (Wildman–Crippen MR) is 90.6 cm³/mol. The van der Waals surface area contributed by atoms with E-state index in [-0.39, 0.29) is 24.3 Å². The lowest BCUT2D eigenvalue weighted by Crippen LogP contribution is -2.42. The fourth-order valence-corrected chi connectivity index (χ4v) is 3.27. The van der Waals surface area contributed by atoms with Crippen LogP contribution < -0.4 is 0 Å². The Kier molecular flexibility index (Phi) is 6.90. The third-order valence-corrected chi connectivity index (χ3v) is 4.45. The van der Waals surface area contributed by atoms with Gasteiger partial charge in [0.15, 0.2) is 0 Å². The van der Waals surface area contributed by atoms with Crippen LogP contribution in [0.3, 0.4) is 0 Å². The average molecular weight is 338 g/mol. The first-order valence-electron chi connectivity index (χ1n) is 8.34. The molecule has 23 heavy (non-hydrogen) atoms. The quantitative estimate of drug-likeness (QED) is 0.735. The maximum absolute atomic E-state index is 12.9. The minimum atomic E-state index is -0.257. The highest BCUT2D eigenvalue weighted by Gasteiger charge is 2.26. The van der Waals surface area contributed by atoms with Crippen LogP contribution in [0.2, 0.25) is 5.02 Å². The Hall–Kier alpha value is -1.55. The molecule has 1 saturated carbocycles. The number of halogens is 1. The summed E-state index contributed by atoms with van der Waals surface area (Å²) in [4.78, 5) is 26.4. The highest BCUT2D eigenvalue weighted by atomic mass is 35.5. The predicted octanol–water partition coefficient (Wildman–Crippen LogP) is 4.07. The van der Waals surface area contributed by atoms with Crippen LogP contribution in [0.4, 0.5) is 0 Å². The zero-order valence-electron chi connectivity index (χ0n) is 13.6. The second kappa shape index (κ2) is 8.92. The fraction of sp³-hybridized carbons (Fsp3) is 0.556. The van der Waals surface area contributed by atoms with Crippen molar-refractivity contribution < 1.29 is 14.3 Å². The van der Waals surface area contributed by atoms with Gasteiger partial charge in [-0.05, 0) is 38.0 Å². The summed E-state index contributed by atoms with van der Waals surface area (Å²) in [6.45, 7) is 2.55. The molecule has 0 N–H and O–H groups in total. The van der Waals surface area contributed by atoms with Gasteiger partial charge in [-0.1, -0.05) is 36.9 Å². The van der Waals surface area contributed by atoms with Crippen molar-refractivity contribution in [1.29, 1.82) is 0 Å². The van der Waals surface area contributed by atoms with E-state index < -0.39 is 0 Å². The normalized spacial score (nSPS) is 15.2. The summed E-state index contributed by atoms with van der Waals surface area (Å²) in [5, 5.41) is 0.546. The van der Waals surface area contributed by atoms with Crippen LogP contribution in [0.1, 0.15) is 55.8 Å². The molecule has 0 bridgehead atoms. The summed E-state index contributed by atoms with van der Waals surface area (Å²) >= 11 is 6.00. The number of hydrogen-bond acceptors (Lipinski definition) is 3. The van der Waals surface area contributed by atoms with Crippen LogP contribution in [0.15, 0.2) is 24.3 Å². The highest BCUT2D eigenvalue weighted by molar-refractivity contribution is 6.30. The van der Waals surface area contributed by atoms with Crippen molar-refractivity contribution >= 4 is 23.5 Å². The second-order valence-electron chi connectivity index (χ2n) is 5.86. The monoisotopic (exact) mass is 337 g/mol. The van der Waals surface area contributed by atoms with Crippen molar-refractivity contribution in [2.45, 2.75) is 51.5 Å². The lowest BCUT2D eigenvalue weighted by Gasteiger charge is -2.34. The Labute approximate surface area is 142 Å². The molecule has 1 aliphatic rings. The van der Waals surface area contributed by atoms with Crippen LogP contribution in [-0.4, -0.2) is 36.0 Å². The Morgan fingerprint density at radius 3 is 2.65 bits per heavy atom. The van der Waals surface area contributed by atoms with Crippen molar-refractivity contribution in [1.82, 2.24) is 4.90 Å². The van der Waals surface area contributed by atoms with Gasteiger partial charge in [-0.25, -0.2) is 0 Å². The smallest absolute Gasteiger partial charge is 0.307 e. The Morgan fingerprint density at radius 2 is 2.00 bits per heavy atom. The zero-order valence-corrected chi connectivity index (χ0v) is 14.3. The first-order chi connectivity index (χ1) is 11.1. The molecule has 5 heteroatoms. The number of carbonyl (C=O) groups excluding carboxylic acids is 2. The van der Waals surface area contributed by atoms with E-state index >= 15 is 0 Å². The summed E-state index contributed by atoms with van der Waals surface area (Å²) in [5.74, 6) is -0.309. The van der Waals surface area contributed by atoms with E-state index in [0.29, 0.717) is 23.7 Å². The van der Waals surface area contributed by atoms with Crippen molar-refractivity contribution in [3.8, 4) is 0 Å². The molecule has 1 fully saturated rings. The number of benzene rings is 1. The molecule has 0 saturated heterocycles. The van der Waals surface area contributed by atoms with Gasteiger partial charge in [0.05, 0.1) is 13.0 Å². The van der Waals surface area contributed by atoms with Crippen molar-refractivity contribution in [2.24, 2.45) is 0 Å². The van der Waals surface area contributed by atoms with E-state index in [4.69, 9.17) is 16.3 Å². The molecule has 0 aromatic heterocycles. The summed E-state index contributed by atoms with van der Waals surface area (Å²) in [6, 6.07) is 7.19. The van der Waals surface area contributed by atoms with Gasteiger partial charge >= 0.3 is 5.97 Å². The molecule has 0 heterocycles. The summed E-state index contributed by atoms with van der Waals surface area (Å²) in [7, 11) is 0. The van der Waals surface area contributed by atoms with Gasteiger partial charge in [0.25, 0.3) is 5.91 Å². The van der Waals surface area contributed by atoms with Crippen molar-refractivity contribution in [2.75, 3.05) is 13.2 Å². The molecule has 2 rings (SSSR count). The van der Waals surface area contributed by atoms with Crippen LogP contribution in [-0.2, 0) is 9.53 Å². The lowest BCUT2D eigenvalue weighted by atomic mass is 9.93. The van der Waals surface area contributed by atoms with E-state index in [2.05, 4.69) is 0 Å². The largest absolute Gasteiger partial charge is 0.466 e. The number of hydrogen-bond donors (Lipinski definition) is 0. The molecule has 0 atom stereocenters. The Bertz CT molecular complexity index is 541. The molecule has 126 valence electrons. The topological polar surface area (TPSA) is 46.6 Å². The van der Waals surface area contributed by atoms with E-state index in [9.17, 15) is 9.59 Å². The summed E-state index contributed by atoms with van der Waals surface area (Å²) in [5.41, 5.74) is 0.576. The molecule has 4 nitrogen and oxygen atoms in total. The van der Waals surface area contributed by atoms with Crippen molar-refractivity contribution in [3.63, 3.8) is 0 Å². The second-order valence-corrected chi connectivity index (χ2v) is 6.29. The maximum Gasteiger partial charge on any atom is 0.307 e. The molecular weight excluding hydrogens is 314 g/mol. The lowest BCUT2D eigenvalue weighted by molar-refractivity contribution is -0.143. The Morgan fingerprint density at radius 1 is 1.26 bits per heavy atom. The molecule has 0 aliphatic heterocycles. The molecule has 1 aliphatic carbocycles. The highest BCUT2D eigenvalue weighted by Crippen LogP contribution is 2.25. The molecule has 0 spiro atoms. The van der Waals surface area contributed by atoms with Gasteiger partial charge in [-0.2, -0.15) is 0 Å².